The molecule has 1 aromatic carbocycles. The number of anilines is 1. The Bertz CT molecular complexity index is 593. The molecule has 2 rings (SSSR count). The largest absolute Gasteiger partial charge is 0.399 e. The van der Waals surface area contributed by atoms with Crippen molar-refractivity contribution < 1.29 is 4.79 Å². The monoisotopic (exact) mass is 402 g/mol. The molecule has 6 heteroatoms. The predicted molar refractivity (Wildman–Crippen MR) is 86.4 cm³/mol. The third-order valence-electron chi connectivity index (χ3n) is 2.57. The van der Waals surface area contributed by atoms with E-state index < -0.39 is 0 Å². The lowest BCUT2D eigenvalue weighted by molar-refractivity contribution is 0.0790. The molecule has 0 aliphatic carbocycles. The van der Waals surface area contributed by atoms with Crippen LogP contribution in [0.1, 0.15) is 15.2 Å². The van der Waals surface area contributed by atoms with Crippen molar-refractivity contribution in [1.29, 1.82) is 0 Å². The lowest BCUT2D eigenvalue weighted by atomic mass is 10.2. The number of halogens is 2. The Morgan fingerprint density at radius 2 is 2.11 bits per heavy atom. The number of amides is 1. The number of carbonyl (C=O) groups is 1. The SMILES string of the molecule is CN(Cc1cccc(N)c1)C(=O)c1cc(Br)c(Br)s1. The summed E-state index contributed by atoms with van der Waals surface area (Å²) in [4.78, 5) is 14.6. The molecule has 0 saturated carbocycles. The number of hydrogen-bond acceptors (Lipinski definition) is 3. The van der Waals surface area contributed by atoms with Crippen LogP contribution in [0.3, 0.4) is 0 Å². The van der Waals surface area contributed by atoms with Gasteiger partial charge in [-0.15, -0.1) is 11.3 Å². The maximum Gasteiger partial charge on any atom is 0.264 e. The highest BCUT2D eigenvalue weighted by atomic mass is 79.9. The third-order valence-corrected chi connectivity index (χ3v) is 5.82. The van der Waals surface area contributed by atoms with Gasteiger partial charge in [0.15, 0.2) is 0 Å². The Morgan fingerprint density at radius 3 is 2.68 bits per heavy atom. The van der Waals surface area contributed by atoms with Crippen molar-refractivity contribution in [2.75, 3.05) is 12.8 Å². The molecule has 0 spiro atoms. The van der Waals surface area contributed by atoms with Crippen LogP contribution >= 0.6 is 43.2 Å². The predicted octanol–water partition coefficient (Wildman–Crippen LogP) is 4.13. The zero-order chi connectivity index (χ0) is 14.0. The van der Waals surface area contributed by atoms with Crippen molar-refractivity contribution in [3.8, 4) is 0 Å². The third kappa shape index (κ3) is 3.58. The van der Waals surface area contributed by atoms with Crippen LogP contribution in [0.25, 0.3) is 0 Å². The maximum atomic E-state index is 12.3. The molecule has 0 aliphatic rings. The van der Waals surface area contributed by atoms with Crippen LogP contribution < -0.4 is 5.73 Å². The molecule has 0 saturated heterocycles. The summed E-state index contributed by atoms with van der Waals surface area (Å²) < 4.78 is 1.83. The summed E-state index contributed by atoms with van der Waals surface area (Å²) in [5.74, 6) is -0.00109. The molecule has 1 amide bonds. The Balaban J connectivity index is 2.11. The second-order valence-corrected chi connectivity index (χ2v) is 7.36. The normalized spacial score (nSPS) is 10.5. The maximum absolute atomic E-state index is 12.3. The standard InChI is InChI=1S/C13H12Br2N2OS/c1-17(7-8-3-2-4-9(16)5-8)13(18)11-6-10(14)12(15)19-11/h2-6H,7,16H2,1H3. The van der Waals surface area contributed by atoms with Gasteiger partial charge in [0.2, 0.25) is 0 Å². The van der Waals surface area contributed by atoms with Crippen molar-refractivity contribution in [3.05, 3.63) is 49.0 Å². The van der Waals surface area contributed by atoms with Gasteiger partial charge in [0.25, 0.3) is 5.91 Å². The van der Waals surface area contributed by atoms with Crippen LogP contribution in [0.2, 0.25) is 0 Å². The molecular weight excluding hydrogens is 392 g/mol. The highest BCUT2D eigenvalue weighted by molar-refractivity contribution is 9.13. The van der Waals surface area contributed by atoms with Gasteiger partial charge in [0, 0.05) is 23.8 Å². The number of nitrogens with zero attached hydrogens (tertiary/aromatic N) is 1. The summed E-state index contributed by atoms with van der Waals surface area (Å²) in [6.07, 6.45) is 0. The average Bonchev–Trinajstić information content (AvgIpc) is 2.68. The zero-order valence-corrected chi connectivity index (χ0v) is 14.2. The molecular formula is C13H12Br2N2OS. The number of nitrogen functional groups attached to an aromatic ring is 1. The quantitative estimate of drug-likeness (QED) is 0.783. The van der Waals surface area contributed by atoms with Crippen LogP contribution in [0.15, 0.2) is 38.6 Å². The van der Waals surface area contributed by atoms with E-state index in [4.69, 9.17) is 5.73 Å². The summed E-state index contributed by atoms with van der Waals surface area (Å²) in [6.45, 7) is 0.539. The van der Waals surface area contributed by atoms with E-state index >= 15 is 0 Å². The summed E-state index contributed by atoms with van der Waals surface area (Å²) in [7, 11) is 1.78. The minimum absolute atomic E-state index is 0.00109. The number of carbonyl (C=O) groups excluding carboxylic acids is 1. The number of rotatable bonds is 3. The first kappa shape index (κ1) is 14.6. The first-order valence-electron chi connectivity index (χ1n) is 5.52. The molecule has 100 valence electrons. The van der Waals surface area contributed by atoms with Gasteiger partial charge in [0.05, 0.1) is 8.66 Å². The minimum atomic E-state index is -0.00109. The fraction of sp³-hybridized carbons (Fsp3) is 0.154. The number of benzene rings is 1. The average molecular weight is 404 g/mol. The van der Waals surface area contributed by atoms with Crippen molar-refractivity contribution in [3.63, 3.8) is 0 Å². The van der Waals surface area contributed by atoms with Gasteiger partial charge in [-0.2, -0.15) is 0 Å². The minimum Gasteiger partial charge on any atom is -0.399 e. The summed E-state index contributed by atoms with van der Waals surface area (Å²) in [6, 6.07) is 9.39. The molecule has 0 unspecified atom stereocenters. The van der Waals surface area contributed by atoms with Crippen molar-refractivity contribution in [2.24, 2.45) is 0 Å². The lowest BCUT2D eigenvalue weighted by Gasteiger charge is -2.16. The number of nitrogens with two attached hydrogens (primary N) is 1. The van der Waals surface area contributed by atoms with E-state index in [1.54, 1.807) is 11.9 Å². The second-order valence-electron chi connectivity index (χ2n) is 4.14. The smallest absolute Gasteiger partial charge is 0.264 e. The van der Waals surface area contributed by atoms with Gasteiger partial charge in [0.1, 0.15) is 0 Å². The first-order chi connectivity index (χ1) is 8.97. The van der Waals surface area contributed by atoms with E-state index in [1.165, 1.54) is 11.3 Å². The van der Waals surface area contributed by atoms with E-state index in [1.807, 2.05) is 30.3 Å². The summed E-state index contributed by atoms with van der Waals surface area (Å²) in [5.41, 5.74) is 7.46. The fourth-order valence-electron chi connectivity index (χ4n) is 1.68. The molecule has 0 radical (unpaired) electrons. The van der Waals surface area contributed by atoms with E-state index in [-0.39, 0.29) is 5.91 Å². The molecule has 1 aromatic heterocycles. The molecule has 19 heavy (non-hydrogen) atoms. The molecule has 0 atom stereocenters. The molecule has 0 bridgehead atoms. The lowest BCUT2D eigenvalue weighted by Crippen LogP contribution is -2.25. The molecule has 2 aromatic rings. The highest BCUT2D eigenvalue weighted by Gasteiger charge is 2.16. The van der Waals surface area contributed by atoms with Gasteiger partial charge < -0.3 is 10.6 Å². The van der Waals surface area contributed by atoms with Gasteiger partial charge in [-0.1, -0.05) is 12.1 Å². The first-order valence-corrected chi connectivity index (χ1v) is 7.92. The van der Waals surface area contributed by atoms with Crippen LogP contribution in [-0.2, 0) is 6.54 Å². The topological polar surface area (TPSA) is 46.3 Å². The molecule has 2 N–H and O–H groups in total. The van der Waals surface area contributed by atoms with E-state index in [0.29, 0.717) is 17.1 Å². The van der Waals surface area contributed by atoms with Crippen LogP contribution in [0, 0.1) is 0 Å². The van der Waals surface area contributed by atoms with Crippen LogP contribution in [0.4, 0.5) is 5.69 Å². The summed E-state index contributed by atoms with van der Waals surface area (Å²) >= 11 is 8.20. The van der Waals surface area contributed by atoms with Crippen molar-refractivity contribution in [1.82, 2.24) is 4.90 Å². The summed E-state index contributed by atoms with van der Waals surface area (Å²) in [5, 5.41) is 0. The van der Waals surface area contributed by atoms with Gasteiger partial charge in [-0.05, 0) is 55.6 Å². The zero-order valence-electron chi connectivity index (χ0n) is 10.2. The molecule has 1 heterocycles. The van der Waals surface area contributed by atoms with E-state index in [9.17, 15) is 4.79 Å². The van der Waals surface area contributed by atoms with Crippen molar-refractivity contribution in [2.45, 2.75) is 6.54 Å². The fourth-order valence-corrected chi connectivity index (χ4v) is 3.71. The van der Waals surface area contributed by atoms with Gasteiger partial charge in [-0.25, -0.2) is 0 Å². The van der Waals surface area contributed by atoms with Gasteiger partial charge in [-0.3, -0.25) is 4.79 Å². The molecule has 3 nitrogen and oxygen atoms in total. The highest BCUT2D eigenvalue weighted by Crippen LogP contribution is 2.33. The van der Waals surface area contributed by atoms with Crippen LogP contribution in [0.5, 0.6) is 0 Å². The molecule has 0 aliphatic heterocycles. The van der Waals surface area contributed by atoms with Gasteiger partial charge >= 0.3 is 0 Å². The number of thiophene rings is 1. The number of hydrogen-bond donors (Lipinski definition) is 1. The Morgan fingerprint density at radius 1 is 1.37 bits per heavy atom. The van der Waals surface area contributed by atoms with E-state index in [2.05, 4.69) is 31.9 Å². The van der Waals surface area contributed by atoms with E-state index in [0.717, 1.165) is 13.8 Å². The second kappa shape index (κ2) is 6.07. The van der Waals surface area contributed by atoms with Crippen molar-refractivity contribution >= 4 is 54.8 Å². The Hall–Kier alpha value is -0.850. The Kier molecular flexibility index (Phi) is 4.65. The Labute approximate surface area is 132 Å². The molecule has 0 fully saturated rings. The van der Waals surface area contributed by atoms with Crippen LogP contribution in [-0.4, -0.2) is 17.9 Å².